The minimum absolute atomic E-state index is 0.145. The number of likely N-dealkylation sites (tertiary alicyclic amines) is 1. The second-order valence-corrected chi connectivity index (χ2v) is 5.13. The maximum atomic E-state index is 11.5. The van der Waals surface area contributed by atoms with Crippen LogP contribution in [-0.4, -0.2) is 41.2 Å². The summed E-state index contributed by atoms with van der Waals surface area (Å²) in [6.07, 6.45) is 3.87. The zero-order chi connectivity index (χ0) is 11.5. The van der Waals surface area contributed by atoms with E-state index in [2.05, 4.69) is 21.2 Å². The highest BCUT2D eigenvalue weighted by Gasteiger charge is 2.32. The Morgan fingerprint density at radius 3 is 2.31 bits per heavy atom. The highest BCUT2D eigenvalue weighted by atomic mass is 79.9. The lowest BCUT2D eigenvalue weighted by Gasteiger charge is -2.32. The Bertz CT molecular complexity index is 284. The molecule has 2 rings (SSSR count). The molecule has 1 N–H and O–H groups in total. The molecule has 0 aromatic carbocycles. The molecule has 90 valence electrons. The first-order valence-corrected chi connectivity index (χ1v) is 6.97. The zero-order valence-corrected chi connectivity index (χ0v) is 10.8. The Hall–Kier alpha value is -0.580. The molecule has 1 heterocycles. The number of nitrogens with one attached hydrogen (secondary N) is 1. The van der Waals surface area contributed by atoms with Crippen LogP contribution >= 0.6 is 15.9 Å². The van der Waals surface area contributed by atoms with Gasteiger partial charge in [-0.3, -0.25) is 9.59 Å². The summed E-state index contributed by atoms with van der Waals surface area (Å²) in [5.74, 6) is 0.638. The largest absolute Gasteiger partial charge is 0.353 e. The molecule has 4 nitrogen and oxygen atoms in total. The number of nitrogens with zero attached hydrogens (tertiary/aromatic N) is 1. The van der Waals surface area contributed by atoms with Crippen molar-refractivity contribution in [1.29, 1.82) is 0 Å². The van der Waals surface area contributed by atoms with Crippen LogP contribution in [0.25, 0.3) is 0 Å². The second-order valence-electron chi connectivity index (χ2n) is 4.57. The molecule has 1 aliphatic heterocycles. The Balaban J connectivity index is 1.72. The summed E-state index contributed by atoms with van der Waals surface area (Å²) in [6, 6.07) is 0.271. The normalized spacial score (nSPS) is 21.9. The number of carbonyl (C=O) groups excluding carboxylic acids is 2. The molecule has 0 bridgehead atoms. The van der Waals surface area contributed by atoms with E-state index in [1.54, 1.807) is 0 Å². The predicted molar refractivity (Wildman–Crippen MR) is 64.3 cm³/mol. The molecule has 0 unspecified atom stereocenters. The fraction of sp³-hybridized carbons (Fsp3) is 0.818. The molecule has 1 saturated heterocycles. The monoisotopic (exact) mass is 288 g/mol. The summed E-state index contributed by atoms with van der Waals surface area (Å²) >= 11 is 3.17. The van der Waals surface area contributed by atoms with Gasteiger partial charge in [0.1, 0.15) is 0 Å². The maximum Gasteiger partial charge on any atom is 0.233 e. The van der Waals surface area contributed by atoms with E-state index in [0.717, 1.165) is 38.8 Å². The van der Waals surface area contributed by atoms with Crippen LogP contribution in [0.4, 0.5) is 0 Å². The number of hydrogen-bond acceptors (Lipinski definition) is 2. The maximum absolute atomic E-state index is 11.5. The quantitative estimate of drug-likeness (QED) is 0.785. The van der Waals surface area contributed by atoms with Gasteiger partial charge in [-0.2, -0.15) is 0 Å². The molecule has 2 fully saturated rings. The van der Waals surface area contributed by atoms with Crippen LogP contribution in [0.2, 0.25) is 0 Å². The Morgan fingerprint density at radius 1 is 1.19 bits per heavy atom. The molecule has 2 amide bonds. The van der Waals surface area contributed by atoms with E-state index in [9.17, 15) is 9.59 Å². The number of halogens is 1. The van der Waals surface area contributed by atoms with Crippen LogP contribution in [0.1, 0.15) is 25.7 Å². The molecular weight excluding hydrogens is 272 g/mol. The van der Waals surface area contributed by atoms with Crippen LogP contribution in [0.15, 0.2) is 0 Å². The van der Waals surface area contributed by atoms with Crippen molar-refractivity contribution >= 4 is 27.7 Å². The fourth-order valence-corrected chi connectivity index (χ4v) is 2.38. The molecule has 16 heavy (non-hydrogen) atoms. The highest BCUT2D eigenvalue weighted by molar-refractivity contribution is 9.09. The predicted octanol–water partition coefficient (Wildman–Crippen LogP) is 0.898. The van der Waals surface area contributed by atoms with Crippen LogP contribution in [0.3, 0.4) is 0 Å². The van der Waals surface area contributed by atoms with Crippen LogP contribution in [-0.2, 0) is 9.59 Å². The lowest BCUT2D eigenvalue weighted by atomic mass is 10.0. The average Bonchev–Trinajstić information content (AvgIpc) is 3.13. The van der Waals surface area contributed by atoms with Crippen molar-refractivity contribution in [2.75, 3.05) is 18.4 Å². The molecule has 0 radical (unpaired) electrons. The van der Waals surface area contributed by atoms with E-state index in [1.165, 1.54) is 0 Å². The van der Waals surface area contributed by atoms with Crippen molar-refractivity contribution in [2.24, 2.45) is 5.92 Å². The first kappa shape index (κ1) is 11.9. The third kappa shape index (κ3) is 2.97. The summed E-state index contributed by atoms with van der Waals surface area (Å²) in [7, 11) is 0. The molecule has 0 aromatic rings. The van der Waals surface area contributed by atoms with Crippen molar-refractivity contribution in [3.8, 4) is 0 Å². The van der Waals surface area contributed by atoms with Crippen molar-refractivity contribution in [2.45, 2.75) is 31.7 Å². The minimum atomic E-state index is 0.145. The lowest BCUT2D eigenvalue weighted by Crippen LogP contribution is -2.47. The molecule has 0 spiro atoms. The standard InChI is InChI=1S/C11H17BrN2O2/c12-7-10(15)14-5-3-9(4-6-14)13-11(16)8-1-2-8/h8-9H,1-7H2,(H,13,16). The number of alkyl halides is 1. The topological polar surface area (TPSA) is 49.4 Å². The van der Waals surface area contributed by atoms with Crippen molar-refractivity contribution < 1.29 is 9.59 Å². The van der Waals surface area contributed by atoms with Gasteiger partial charge in [-0.25, -0.2) is 0 Å². The number of carbonyl (C=O) groups is 2. The number of piperidine rings is 1. The molecule has 0 aromatic heterocycles. The summed E-state index contributed by atoms with van der Waals surface area (Å²) in [5, 5.41) is 3.46. The van der Waals surface area contributed by atoms with Crippen molar-refractivity contribution in [3.05, 3.63) is 0 Å². The van der Waals surface area contributed by atoms with Crippen molar-refractivity contribution in [1.82, 2.24) is 10.2 Å². The average molecular weight is 289 g/mol. The molecule has 5 heteroatoms. The molecule has 0 atom stereocenters. The second kappa shape index (κ2) is 5.17. The van der Waals surface area contributed by atoms with Gasteiger partial charge in [-0.15, -0.1) is 0 Å². The van der Waals surface area contributed by atoms with Gasteiger partial charge in [0, 0.05) is 25.0 Å². The first-order valence-electron chi connectivity index (χ1n) is 5.85. The van der Waals surface area contributed by atoms with E-state index < -0.39 is 0 Å². The number of hydrogen-bond donors (Lipinski definition) is 1. The van der Waals surface area contributed by atoms with Crippen LogP contribution < -0.4 is 5.32 Å². The zero-order valence-electron chi connectivity index (χ0n) is 9.25. The highest BCUT2D eigenvalue weighted by Crippen LogP contribution is 2.29. The molecular formula is C11H17BrN2O2. The van der Waals surface area contributed by atoms with Gasteiger partial charge in [-0.1, -0.05) is 15.9 Å². The SMILES string of the molecule is O=C(NC1CCN(C(=O)CBr)CC1)C1CC1. The van der Waals surface area contributed by atoms with Gasteiger partial charge in [0.2, 0.25) is 11.8 Å². The third-order valence-corrected chi connectivity index (χ3v) is 3.74. The fourth-order valence-electron chi connectivity index (χ4n) is 2.02. The molecule has 2 aliphatic rings. The van der Waals surface area contributed by atoms with E-state index in [0.29, 0.717) is 5.33 Å². The minimum Gasteiger partial charge on any atom is -0.353 e. The van der Waals surface area contributed by atoms with Gasteiger partial charge in [-0.05, 0) is 25.7 Å². The van der Waals surface area contributed by atoms with Crippen LogP contribution in [0.5, 0.6) is 0 Å². The summed E-state index contributed by atoms with van der Waals surface area (Å²) < 4.78 is 0. The third-order valence-electron chi connectivity index (χ3n) is 3.26. The lowest BCUT2D eigenvalue weighted by molar-refractivity contribution is -0.129. The van der Waals surface area contributed by atoms with E-state index in [1.807, 2.05) is 4.90 Å². The van der Waals surface area contributed by atoms with E-state index >= 15 is 0 Å². The van der Waals surface area contributed by atoms with Crippen molar-refractivity contribution in [3.63, 3.8) is 0 Å². The smallest absolute Gasteiger partial charge is 0.233 e. The Morgan fingerprint density at radius 2 is 1.81 bits per heavy atom. The summed E-state index contributed by atoms with van der Waals surface area (Å²) in [5.41, 5.74) is 0. The van der Waals surface area contributed by atoms with Gasteiger partial charge >= 0.3 is 0 Å². The summed E-state index contributed by atoms with van der Waals surface area (Å²) in [6.45, 7) is 1.53. The molecule has 1 aliphatic carbocycles. The Labute approximate surface area is 104 Å². The van der Waals surface area contributed by atoms with E-state index in [4.69, 9.17) is 0 Å². The number of rotatable bonds is 3. The van der Waals surface area contributed by atoms with Gasteiger partial charge in [0.25, 0.3) is 0 Å². The van der Waals surface area contributed by atoms with Crippen LogP contribution in [0, 0.1) is 5.92 Å². The summed E-state index contributed by atoms with van der Waals surface area (Å²) in [4.78, 5) is 24.8. The Kier molecular flexibility index (Phi) is 3.84. The van der Waals surface area contributed by atoms with Gasteiger partial charge in [0.05, 0.1) is 5.33 Å². The van der Waals surface area contributed by atoms with E-state index in [-0.39, 0.29) is 23.8 Å². The first-order chi connectivity index (χ1) is 7.70. The number of amides is 2. The van der Waals surface area contributed by atoms with Gasteiger partial charge < -0.3 is 10.2 Å². The molecule has 1 saturated carbocycles. The van der Waals surface area contributed by atoms with Gasteiger partial charge in [0.15, 0.2) is 0 Å².